The lowest BCUT2D eigenvalue weighted by molar-refractivity contribution is -0.274. The summed E-state index contributed by atoms with van der Waals surface area (Å²) >= 11 is 1.32. The Morgan fingerprint density at radius 3 is 2.64 bits per heavy atom. The minimum Gasteiger partial charge on any atom is -0.406 e. The number of amides is 2. The number of carbonyl (C=O) groups excluding carboxylic acids is 2. The number of thiophene rings is 1. The van der Waals surface area contributed by atoms with Gasteiger partial charge in [0.25, 0.3) is 5.91 Å². The standard InChI is InChI=1S/C16H15F3N2O3S/c17-16(18,19)24-12-5-1-4-11(10-12)21-14(22)7-2-8-20-15(23)13-6-3-9-25-13/h1,3-6,9-10H,2,7-8H2,(H,20,23)(H,21,22). The molecule has 2 amide bonds. The third kappa shape index (κ3) is 6.84. The van der Waals surface area contributed by atoms with Crippen LogP contribution in [0.5, 0.6) is 5.75 Å². The van der Waals surface area contributed by atoms with Crippen LogP contribution in [0.1, 0.15) is 22.5 Å². The zero-order valence-corrected chi connectivity index (χ0v) is 13.7. The molecule has 2 N–H and O–H groups in total. The Morgan fingerprint density at radius 1 is 1.16 bits per heavy atom. The van der Waals surface area contributed by atoms with Gasteiger partial charge in [0.05, 0.1) is 4.88 Å². The molecule has 0 radical (unpaired) electrons. The van der Waals surface area contributed by atoms with Crippen LogP contribution in [0.3, 0.4) is 0 Å². The molecular weight excluding hydrogens is 357 g/mol. The lowest BCUT2D eigenvalue weighted by Gasteiger charge is -2.10. The van der Waals surface area contributed by atoms with E-state index < -0.39 is 12.1 Å². The van der Waals surface area contributed by atoms with Crippen LogP contribution in [0.25, 0.3) is 0 Å². The van der Waals surface area contributed by atoms with E-state index in [0.29, 0.717) is 17.8 Å². The molecule has 25 heavy (non-hydrogen) atoms. The van der Waals surface area contributed by atoms with Crippen molar-refractivity contribution in [3.63, 3.8) is 0 Å². The first-order valence-electron chi connectivity index (χ1n) is 7.31. The van der Waals surface area contributed by atoms with Crippen LogP contribution in [-0.4, -0.2) is 24.7 Å². The molecule has 1 aromatic heterocycles. The van der Waals surface area contributed by atoms with Gasteiger partial charge in [-0.1, -0.05) is 12.1 Å². The van der Waals surface area contributed by atoms with Gasteiger partial charge in [0.15, 0.2) is 0 Å². The third-order valence-corrected chi connectivity index (χ3v) is 3.83. The van der Waals surface area contributed by atoms with E-state index in [2.05, 4.69) is 15.4 Å². The van der Waals surface area contributed by atoms with Crippen LogP contribution in [0.15, 0.2) is 41.8 Å². The second-order valence-corrected chi connectivity index (χ2v) is 5.91. The van der Waals surface area contributed by atoms with Crippen LogP contribution < -0.4 is 15.4 Å². The second-order valence-electron chi connectivity index (χ2n) is 4.96. The number of hydrogen-bond donors (Lipinski definition) is 2. The third-order valence-electron chi connectivity index (χ3n) is 2.96. The molecule has 0 aliphatic carbocycles. The van der Waals surface area contributed by atoms with E-state index in [0.717, 1.165) is 12.1 Å². The van der Waals surface area contributed by atoms with Gasteiger partial charge in [0.2, 0.25) is 5.91 Å². The van der Waals surface area contributed by atoms with Gasteiger partial charge in [-0.3, -0.25) is 9.59 Å². The molecule has 0 aliphatic rings. The van der Waals surface area contributed by atoms with Gasteiger partial charge in [0.1, 0.15) is 5.75 Å². The number of hydrogen-bond acceptors (Lipinski definition) is 4. The zero-order valence-electron chi connectivity index (χ0n) is 12.9. The molecule has 1 heterocycles. The predicted octanol–water partition coefficient (Wildman–Crippen LogP) is 3.80. The highest BCUT2D eigenvalue weighted by Gasteiger charge is 2.31. The van der Waals surface area contributed by atoms with E-state index in [9.17, 15) is 22.8 Å². The van der Waals surface area contributed by atoms with Crippen molar-refractivity contribution in [3.8, 4) is 5.75 Å². The lowest BCUT2D eigenvalue weighted by Crippen LogP contribution is -2.24. The number of rotatable bonds is 7. The topological polar surface area (TPSA) is 67.4 Å². The van der Waals surface area contributed by atoms with Crippen molar-refractivity contribution in [1.82, 2.24) is 5.32 Å². The average molecular weight is 372 g/mol. The highest BCUT2D eigenvalue weighted by Crippen LogP contribution is 2.25. The first-order valence-corrected chi connectivity index (χ1v) is 8.19. The molecule has 9 heteroatoms. The summed E-state index contributed by atoms with van der Waals surface area (Å²) in [6.45, 7) is 0.321. The number of halogens is 3. The number of carbonyl (C=O) groups is 2. The number of ether oxygens (including phenoxy) is 1. The highest BCUT2D eigenvalue weighted by molar-refractivity contribution is 7.12. The monoisotopic (exact) mass is 372 g/mol. The molecule has 134 valence electrons. The average Bonchev–Trinajstić information content (AvgIpc) is 3.04. The highest BCUT2D eigenvalue weighted by atomic mass is 32.1. The van der Waals surface area contributed by atoms with Crippen molar-refractivity contribution in [1.29, 1.82) is 0 Å². The fourth-order valence-corrected chi connectivity index (χ4v) is 2.58. The first-order chi connectivity index (χ1) is 11.8. The maximum absolute atomic E-state index is 12.2. The second kappa shape index (κ2) is 8.52. The summed E-state index contributed by atoms with van der Waals surface area (Å²) in [7, 11) is 0. The maximum Gasteiger partial charge on any atom is 0.573 e. The van der Waals surface area contributed by atoms with Gasteiger partial charge >= 0.3 is 6.36 Å². The Bertz CT molecular complexity index is 718. The summed E-state index contributed by atoms with van der Waals surface area (Å²) in [6.07, 6.45) is -4.26. The Balaban J connectivity index is 1.73. The molecule has 2 rings (SSSR count). The normalized spacial score (nSPS) is 11.0. The van der Waals surface area contributed by atoms with Gasteiger partial charge in [0, 0.05) is 24.7 Å². The van der Waals surface area contributed by atoms with Crippen LogP contribution >= 0.6 is 11.3 Å². The molecule has 0 aliphatic heterocycles. The van der Waals surface area contributed by atoms with E-state index in [1.54, 1.807) is 17.5 Å². The van der Waals surface area contributed by atoms with Crippen molar-refractivity contribution < 1.29 is 27.5 Å². The van der Waals surface area contributed by atoms with Crippen LogP contribution in [0.4, 0.5) is 18.9 Å². The van der Waals surface area contributed by atoms with E-state index >= 15 is 0 Å². The molecule has 0 saturated carbocycles. The summed E-state index contributed by atoms with van der Waals surface area (Å²) in [6, 6.07) is 8.50. The predicted molar refractivity (Wildman–Crippen MR) is 87.6 cm³/mol. The van der Waals surface area contributed by atoms with Crippen LogP contribution in [-0.2, 0) is 4.79 Å². The molecule has 0 spiro atoms. The van der Waals surface area contributed by atoms with E-state index in [1.165, 1.54) is 23.5 Å². The molecule has 0 saturated heterocycles. The first kappa shape index (κ1) is 18.8. The Labute approximate surface area is 145 Å². The van der Waals surface area contributed by atoms with E-state index in [1.807, 2.05) is 0 Å². The molecule has 0 fully saturated rings. The molecule has 0 bridgehead atoms. The fourth-order valence-electron chi connectivity index (χ4n) is 1.94. The minimum absolute atomic E-state index is 0.120. The van der Waals surface area contributed by atoms with E-state index in [-0.39, 0.29) is 23.9 Å². The Hall–Kier alpha value is -2.55. The van der Waals surface area contributed by atoms with Gasteiger partial charge < -0.3 is 15.4 Å². The quantitative estimate of drug-likeness (QED) is 0.727. The van der Waals surface area contributed by atoms with Gasteiger partial charge in [-0.05, 0) is 30.0 Å². The summed E-state index contributed by atoms with van der Waals surface area (Å²) in [5.41, 5.74) is 0.203. The van der Waals surface area contributed by atoms with Gasteiger partial charge in [-0.2, -0.15) is 0 Å². The number of anilines is 1. The molecule has 5 nitrogen and oxygen atoms in total. The van der Waals surface area contributed by atoms with Crippen molar-refractivity contribution >= 4 is 28.8 Å². The molecular formula is C16H15F3N2O3S. The molecule has 2 aromatic rings. The summed E-state index contributed by atoms with van der Waals surface area (Å²) < 4.78 is 40.3. The van der Waals surface area contributed by atoms with Crippen molar-refractivity contribution in [3.05, 3.63) is 46.7 Å². The minimum atomic E-state index is -4.79. The number of benzene rings is 1. The number of alkyl halides is 3. The smallest absolute Gasteiger partial charge is 0.406 e. The summed E-state index contributed by atoms with van der Waals surface area (Å²) in [4.78, 5) is 24.1. The van der Waals surface area contributed by atoms with E-state index in [4.69, 9.17) is 0 Å². The SMILES string of the molecule is O=C(CCCNC(=O)c1cccs1)Nc1cccc(OC(F)(F)F)c1. The van der Waals surface area contributed by atoms with Crippen LogP contribution in [0.2, 0.25) is 0 Å². The van der Waals surface area contributed by atoms with Crippen molar-refractivity contribution in [2.45, 2.75) is 19.2 Å². The molecule has 0 atom stereocenters. The summed E-state index contributed by atoms with van der Waals surface area (Å²) in [5, 5.41) is 6.96. The largest absolute Gasteiger partial charge is 0.573 e. The summed E-state index contributed by atoms with van der Waals surface area (Å²) in [5.74, 6) is -0.976. The Morgan fingerprint density at radius 2 is 1.96 bits per heavy atom. The fraction of sp³-hybridized carbons (Fsp3) is 0.250. The lowest BCUT2D eigenvalue weighted by atomic mass is 10.2. The van der Waals surface area contributed by atoms with Crippen LogP contribution in [0, 0.1) is 0 Å². The number of nitrogens with one attached hydrogen (secondary N) is 2. The molecule has 1 aromatic carbocycles. The maximum atomic E-state index is 12.2. The zero-order chi connectivity index (χ0) is 18.3. The van der Waals surface area contributed by atoms with Crippen molar-refractivity contribution in [2.24, 2.45) is 0 Å². The van der Waals surface area contributed by atoms with Gasteiger partial charge in [-0.15, -0.1) is 24.5 Å². The van der Waals surface area contributed by atoms with Crippen molar-refractivity contribution in [2.75, 3.05) is 11.9 Å². The molecule has 0 unspecified atom stereocenters. The Kier molecular flexibility index (Phi) is 6.40. The van der Waals surface area contributed by atoms with Gasteiger partial charge in [-0.25, -0.2) is 0 Å².